The highest BCUT2D eigenvalue weighted by Gasteiger charge is 2.48. The van der Waals surface area contributed by atoms with Gasteiger partial charge in [0.25, 0.3) is 0 Å². The summed E-state index contributed by atoms with van der Waals surface area (Å²) in [6.07, 6.45) is -1.23. The molecule has 0 aromatic heterocycles. The Labute approximate surface area is 111 Å². The Morgan fingerprint density at radius 1 is 1.42 bits per heavy atom. The molecule has 2 N–H and O–H groups in total. The van der Waals surface area contributed by atoms with Crippen molar-refractivity contribution in [2.45, 2.75) is 11.6 Å². The van der Waals surface area contributed by atoms with Gasteiger partial charge in [0.2, 0.25) is 5.54 Å². The molecule has 0 spiro atoms. The Morgan fingerprint density at radius 2 is 2.00 bits per heavy atom. The van der Waals surface area contributed by atoms with E-state index in [4.69, 9.17) is 4.74 Å². The molecule has 0 bridgehead atoms. The zero-order valence-corrected chi connectivity index (χ0v) is 10.9. The molecule has 8 heteroatoms. The van der Waals surface area contributed by atoms with Crippen molar-refractivity contribution in [3.8, 4) is 0 Å². The van der Waals surface area contributed by atoms with Gasteiger partial charge in [0.15, 0.2) is 0 Å². The van der Waals surface area contributed by atoms with E-state index in [0.29, 0.717) is 5.56 Å². The van der Waals surface area contributed by atoms with Gasteiger partial charge in [0.05, 0.1) is 6.61 Å². The third kappa shape index (κ3) is 3.16. The van der Waals surface area contributed by atoms with Gasteiger partial charge in [-0.05, 0) is 5.56 Å². The zero-order valence-electron chi connectivity index (χ0n) is 10.1. The third-order valence-corrected chi connectivity index (χ3v) is 3.10. The van der Waals surface area contributed by atoms with Crippen LogP contribution in [-0.4, -0.2) is 43.9 Å². The van der Waals surface area contributed by atoms with Crippen molar-refractivity contribution < 1.29 is 28.2 Å². The maximum Gasteiger partial charge on any atom is 0.338 e. The summed E-state index contributed by atoms with van der Waals surface area (Å²) in [7, 11) is -1.78. The van der Waals surface area contributed by atoms with Gasteiger partial charge in [0, 0.05) is 7.11 Å². The van der Waals surface area contributed by atoms with Crippen molar-refractivity contribution in [2.24, 2.45) is 4.36 Å². The van der Waals surface area contributed by atoms with Crippen LogP contribution in [-0.2, 0) is 20.0 Å². The molecule has 1 rings (SSSR count). The molecule has 7 nitrogen and oxygen atoms in total. The first-order valence-corrected chi connectivity index (χ1v) is 6.25. The van der Waals surface area contributed by atoms with Crippen molar-refractivity contribution in [1.82, 2.24) is 0 Å². The molecular formula is C11H13NO6S. The molecule has 0 fully saturated rings. The number of benzene rings is 1. The second-order valence-corrected chi connectivity index (χ2v) is 4.34. The molecule has 0 amide bonds. The summed E-state index contributed by atoms with van der Waals surface area (Å²) >= 11 is 0. The van der Waals surface area contributed by atoms with E-state index in [-0.39, 0.29) is 0 Å². The number of hydrogen-bond acceptors (Lipinski definition) is 6. The Morgan fingerprint density at radius 3 is 2.37 bits per heavy atom. The van der Waals surface area contributed by atoms with Gasteiger partial charge >= 0.3 is 16.5 Å². The second-order valence-electron chi connectivity index (χ2n) is 3.72. The molecular weight excluding hydrogens is 274 g/mol. The lowest BCUT2D eigenvalue weighted by atomic mass is 9.89. The number of carboxylic acid groups (broad SMARTS) is 1. The summed E-state index contributed by atoms with van der Waals surface area (Å²) in [5.41, 5.74) is -1.90. The number of hydrogen-bond donors (Lipinski definition) is 2. The van der Waals surface area contributed by atoms with Crippen LogP contribution in [0.4, 0.5) is 0 Å². The minimum Gasteiger partial charge on any atom is -0.479 e. The van der Waals surface area contributed by atoms with Gasteiger partial charge in [-0.1, -0.05) is 30.3 Å². The smallest absolute Gasteiger partial charge is 0.338 e. The maximum atomic E-state index is 11.4. The predicted octanol–water partition coefficient (Wildman–Crippen LogP) is 0.252. The number of ether oxygens (including phenoxy) is 1. The van der Waals surface area contributed by atoms with Crippen LogP contribution in [0.1, 0.15) is 11.7 Å². The fraction of sp³-hybridized carbons (Fsp3) is 0.364. The van der Waals surface area contributed by atoms with E-state index in [1.807, 2.05) is 0 Å². The SMILES string of the molecule is COC(c1ccccc1)[C@](CO)(N=S(=O)=O)C(=O)O. The molecule has 0 aliphatic heterocycles. The molecule has 0 aliphatic rings. The summed E-state index contributed by atoms with van der Waals surface area (Å²) in [5, 5.41) is 18.6. The molecule has 2 atom stereocenters. The summed E-state index contributed by atoms with van der Waals surface area (Å²) in [4.78, 5) is 11.4. The first kappa shape index (κ1) is 15.3. The monoisotopic (exact) mass is 287 g/mol. The highest BCUT2D eigenvalue weighted by atomic mass is 32.2. The van der Waals surface area contributed by atoms with Crippen LogP contribution in [0.3, 0.4) is 0 Å². The van der Waals surface area contributed by atoms with Crippen molar-refractivity contribution in [3.05, 3.63) is 35.9 Å². The Bertz CT molecular complexity index is 562. The first-order valence-electron chi connectivity index (χ1n) is 5.22. The first-order chi connectivity index (χ1) is 8.97. The molecule has 1 aromatic rings. The highest BCUT2D eigenvalue weighted by molar-refractivity contribution is 7.61. The number of aliphatic hydroxyl groups excluding tert-OH is 1. The van der Waals surface area contributed by atoms with Gasteiger partial charge in [-0.3, -0.25) is 0 Å². The van der Waals surface area contributed by atoms with E-state index in [1.165, 1.54) is 7.11 Å². The topological polar surface area (TPSA) is 113 Å². The van der Waals surface area contributed by atoms with Crippen LogP contribution in [0.2, 0.25) is 0 Å². The van der Waals surface area contributed by atoms with Gasteiger partial charge in [0.1, 0.15) is 6.10 Å². The average Bonchev–Trinajstić information content (AvgIpc) is 2.38. The lowest BCUT2D eigenvalue weighted by Crippen LogP contribution is -2.47. The standard InChI is InChI=1S/C11H13NO6S/c1-18-9(8-5-3-2-4-6-8)11(7-13,10(14)15)12-19(16)17/h2-6,9,13H,7H2,1H3,(H,14,15)/t9?,11-/m0/s1. The molecule has 0 radical (unpaired) electrons. The van der Waals surface area contributed by atoms with Crippen LogP contribution < -0.4 is 0 Å². The fourth-order valence-electron chi connectivity index (χ4n) is 1.75. The van der Waals surface area contributed by atoms with Crippen LogP contribution >= 0.6 is 0 Å². The largest absolute Gasteiger partial charge is 0.479 e. The van der Waals surface area contributed by atoms with Crippen molar-refractivity contribution in [1.29, 1.82) is 0 Å². The predicted molar refractivity (Wildman–Crippen MR) is 65.0 cm³/mol. The number of nitrogens with zero attached hydrogens (tertiary/aromatic N) is 1. The summed E-state index contributed by atoms with van der Waals surface area (Å²) in [6.45, 7) is -1.01. The molecule has 104 valence electrons. The molecule has 19 heavy (non-hydrogen) atoms. The molecule has 0 aliphatic carbocycles. The normalized spacial score (nSPS) is 15.3. The van der Waals surface area contributed by atoms with Gasteiger partial charge < -0.3 is 14.9 Å². The van der Waals surface area contributed by atoms with Crippen LogP contribution in [0.15, 0.2) is 34.7 Å². The second kappa shape index (κ2) is 6.41. The van der Waals surface area contributed by atoms with E-state index in [9.17, 15) is 23.4 Å². The van der Waals surface area contributed by atoms with E-state index >= 15 is 0 Å². The van der Waals surface area contributed by atoms with E-state index in [2.05, 4.69) is 4.36 Å². The van der Waals surface area contributed by atoms with E-state index in [0.717, 1.165) is 0 Å². The van der Waals surface area contributed by atoms with Crippen LogP contribution in [0.5, 0.6) is 0 Å². The minimum atomic E-state index is -3.00. The lowest BCUT2D eigenvalue weighted by Gasteiger charge is -2.29. The number of rotatable bonds is 6. The number of aliphatic hydroxyl groups is 1. The average molecular weight is 287 g/mol. The summed E-state index contributed by atoms with van der Waals surface area (Å²) in [5.74, 6) is -1.59. The van der Waals surface area contributed by atoms with Gasteiger partial charge in [-0.25, -0.2) is 4.79 Å². The number of methoxy groups -OCH3 is 1. The lowest BCUT2D eigenvalue weighted by molar-refractivity contribution is -0.151. The molecule has 1 unspecified atom stereocenters. The molecule has 0 saturated carbocycles. The van der Waals surface area contributed by atoms with Gasteiger partial charge in [-0.15, -0.1) is 4.36 Å². The van der Waals surface area contributed by atoms with Crippen LogP contribution in [0, 0.1) is 0 Å². The van der Waals surface area contributed by atoms with Crippen molar-refractivity contribution in [2.75, 3.05) is 13.7 Å². The Hall–Kier alpha value is -1.77. The van der Waals surface area contributed by atoms with Crippen LogP contribution in [0.25, 0.3) is 0 Å². The Balaban J connectivity index is 3.45. The highest BCUT2D eigenvalue weighted by Crippen LogP contribution is 2.32. The summed E-state index contributed by atoms with van der Waals surface area (Å²) < 4.78 is 29.6. The number of aliphatic carboxylic acids is 1. The number of carboxylic acids is 1. The maximum absolute atomic E-state index is 11.4. The summed E-state index contributed by atoms with van der Waals surface area (Å²) in [6, 6.07) is 8.11. The van der Waals surface area contributed by atoms with E-state index in [1.54, 1.807) is 30.3 Å². The Kier molecular flexibility index (Phi) is 5.16. The fourth-order valence-corrected chi connectivity index (χ4v) is 2.24. The quantitative estimate of drug-likeness (QED) is 0.775. The third-order valence-electron chi connectivity index (χ3n) is 2.62. The van der Waals surface area contributed by atoms with Gasteiger partial charge in [-0.2, -0.15) is 8.42 Å². The number of carbonyl (C=O) groups is 1. The van der Waals surface area contributed by atoms with Crippen molar-refractivity contribution in [3.63, 3.8) is 0 Å². The zero-order chi connectivity index (χ0) is 14.5. The molecule has 0 saturated heterocycles. The minimum absolute atomic E-state index is 0.399. The molecule has 0 heterocycles. The van der Waals surface area contributed by atoms with Crippen molar-refractivity contribution >= 4 is 16.5 Å². The van der Waals surface area contributed by atoms with E-state index < -0.39 is 34.7 Å². The molecule has 1 aromatic carbocycles.